The Balaban J connectivity index is 1.58. The zero-order valence-electron chi connectivity index (χ0n) is 19.2. The summed E-state index contributed by atoms with van der Waals surface area (Å²) in [7, 11) is 1.30. The lowest BCUT2D eigenvalue weighted by molar-refractivity contribution is 0.0600. The van der Waals surface area contributed by atoms with E-state index in [2.05, 4.69) is 37.0 Å². The summed E-state index contributed by atoms with van der Waals surface area (Å²) in [5.74, 6) is -0.375. The predicted octanol–water partition coefficient (Wildman–Crippen LogP) is 7.02. The summed E-state index contributed by atoms with van der Waals surface area (Å²) in [5, 5.41) is 6.53. The van der Waals surface area contributed by atoms with Crippen LogP contribution < -0.4 is 9.47 Å². The molecule has 0 unspecified atom stereocenters. The second-order valence-corrected chi connectivity index (χ2v) is 9.41. The first kappa shape index (κ1) is 25.2. The molecule has 0 atom stereocenters. The van der Waals surface area contributed by atoms with Crippen LogP contribution in [0.25, 0.3) is 22.0 Å². The van der Waals surface area contributed by atoms with E-state index in [9.17, 15) is 4.79 Å². The second-order valence-electron chi connectivity index (χ2n) is 7.70. The summed E-state index contributed by atoms with van der Waals surface area (Å²) in [6, 6.07) is 16.4. The maximum Gasteiger partial charge on any atom is 0.337 e. The number of hydrogen-bond donors (Lipinski definition) is 0. The molecule has 0 N–H and O–H groups in total. The van der Waals surface area contributed by atoms with Gasteiger partial charge in [0.2, 0.25) is 11.7 Å². The Hall–Kier alpha value is -2.91. The highest BCUT2D eigenvalue weighted by atomic mass is 79.9. The van der Waals surface area contributed by atoms with E-state index in [1.165, 1.54) is 11.8 Å². The van der Waals surface area contributed by atoms with Crippen LogP contribution >= 0.6 is 31.9 Å². The fraction of sp³-hybridized carbons (Fsp3) is 0.231. The minimum absolute atomic E-state index is 0.0383. The Kier molecular flexibility index (Phi) is 8.07. The van der Waals surface area contributed by atoms with Crippen molar-refractivity contribution in [1.29, 1.82) is 0 Å². The van der Waals surface area contributed by atoms with Crippen molar-refractivity contribution in [2.24, 2.45) is 0 Å². The number of ether oxygens (including phenoxy) is 3. The summed E-state index contributed by atoms with van der Waals surface area (Å²) in [4.78, 5) is 11.9. The van der Waals surface area contributed by atoms with Crippen LogP contribution in [0.15, 0.2) is 63.5 Å². The molecule has 0 aliphatic heterocycles. The van der Waals surface area contributed by atoms with Crippen molar-refractivity contribution in [1.82, 2.24) is 9.78 Å². The Labute approximate surface area is 219 Å². The molecule has 182 valence electrons. The normalized spacial score (nSPS) is 11.0. The van der Waals surface area contributed by atoms with Gasteiger partial charge < -0.3 is 14.2 Å². The third-order valence-corrected chi connectivity index (χ3v) is 6.60. The van der Waals surface area contributed by atoms with Gasteiger partial charge in [-0.3, -0.25) is 0 Å². The second kappa shape index (κ2) is 11.2. The van der Waals surface area contributed by atoms with Crippen molar-refractivity contribution < 1.29 is 23.4 Å². The fourth-order valence-electron chi connectivity index (χ4n) is 3.60. The number of carbonyl (C=O) groups is 1. The minimum Gasteiger partial charge on any atom is -0.490 e. The highest BCUT2D eigenvalue weighted by molar-refractivity contribution is 9.11. The number of benzene rings is 3. The highest BCUT2D eigenvalue weighted by Crippen LogP contribution is 2.35. The third-order valence-electron chi connectivity index (χ3n) is 5.29. The van der Waals surface area contributed by atoms with Gasteiger partial charge in [-0.2, -0.15) is 9.49 Å². The van der Waals surface area contributed by atoms with Crippen LogP contribution in [0.1, 0.15) is 23.7 Å². The highest BCUT2D eigenvalue weighted by Gasteiger charge is 2.22. The molecule has 0 aliphatic rings. The van der Waals surface area contributed by atoms with E-state index in [0.29, 0.717) is 29.9 Å². The summed E-state index contributed by atoms with van der Waals surface area (Å²) in [6.07, 6.45) is 0.717. The van der Waals surface area contributed by atoms with E-state index in [-0.39, 0.29) is 24.7 Å². The molecule has 4 rings (SSSR count). The Morgan fingerprint density at radius 3 is 2.66 bits per heavy atom. The molecule has 0 aliphatic carbocycles. The number of carbonyl (C=O) groups excluding carboxylic acids is 1. The average Bonchev–Trinajstić information content (AvgIpc) is 3.18. The smallest absolute Gasteiger partial charge is 0.337 e. The fourth-order valence-corrected chi connectivity index (χ4v) is 4.59. The summed E-state index contributed by atoms with van der Waals surface area (Å²) >= 11 is 7.11. The molecule has 0 radical (unpaired) electrons. The zero-order chi connectivity index (χ0) is 24.9. The van der Waals surface area contributed by atoms with Crippen molar-refractivity contribution in [3.8, 4) is 22.9 Å². The van der Waals surface area contributed by atoms with Crippen LogP contribution in [0.2, 0.25) is 0 Å². The van der Waals surface area contributed by atoms with E-state index in [4.69, 9.17) is 14.2 Å². The minimum atomic E-state index is -0.585. The van der Waals surface area contributed by atoms with Crippen LogP contribution in [0.3, 0.4) is 0 Å². The lowest BCUT2D eigenvalue weighted by atomic mass is 10.1. The van der Waals surface area contributed by atoms with E-state index in [1.54, 1.807) is 24.3 Å². The number of hydrogen-bond acceptors (Lipinski definition) is 5. The Morgan fingerprint density at radius 1 is 1.06 bits per heavy atom. The average molecular weight is 606 g/mol. The van der Waals surface area contributed by atoms with Gasteiger partial charge in [-0.1, -0.05) is 47.1 Å². The number of halogens is 3. The SMILES string of the molecule is CCCOc1c(F)c(-c2cccc(C(=O)OC)c2)nn1CCOc1ccc2cc(Br)ccc2c1Br. The summed E-state index contributed by atoms with van der Waals surface area (Å²) < 4.78 is 35.1. The number of fused-ring (bicyclic) bond motifs is 1. The van der Waals surface area contributed by atoms with Gasteiger partial charge in [-0.15, -0.1) is 0 Å². The van der Waals surface area contributed by atoms with Crippen LogP contribution in [-0.2, 0) is 11.3 Å². The molecule has 35 heavy (non-hydrogen) atoms. The molecule has 3 aromatic carbocycles. The molecule has 0 fully saturated rings. The molecule has 0 amide bonds. The van der Waals surface area contributed by atoms with E-state index >= 15 is 4.39 Å². The lowest BCUT2D eigenvalue weighted by Gasteiger charge is -2.12. The largest absolute Gasteiger partial charge is 0.490 e. The first-order chi connectivity index (χ1) is 16.9. The van der Waals surface area contributed by atoms with Crippen molar-refractivity contribution in [3.63, 3.8) is 0 Å². The van der Waals surface area contributed by atoms with Gasteiger partial charge in [0.05, 0.1) is 30.3 Å². The topological polar surface area (TPSA) is 62.6 Å². The first-order valence-electron chi connectivity index (χ1n) is 11.0. The molecule has 1 heterocycles. The van der Waals surface area contributed by atoms with Crippen LogP contribution in [0.5, 0.6) is 11.6 Å². The van der Waals surface area contributed by atoms with Crippen molar-refractivity contribution >= 4 is 48.6 Å². The van der Waals surface area contributed by atoms with Gasteiger partial charge in [0, 0.05) is 10.0 Å². The summed E-state index contributed by atoms with van der Waals surface area (Å²) in [5.41, 5.74) is 0.862. The number of esters is 1. The lowest BCUT2D eigenvalue weighted by Crippen LogP contribution is -2.12. The van der Waals surface area contributed by atoms with Gasteiger partial charge in [-0.05, 0) is 63.5 Å². The molecule has 0 bridgehead atoms. The predicted molar refractivity (Wildman–Crippen MR) is 140 cm³/mol. The van der Waals surface area contributed by atoms with Crippen LogP contribution in [0, 0.1) is 5.82 Å². The number of rotatable bonds is 9. The van der Waals surface area contributed by atoms with Gasteiger partial charge in [-0.25, -0.2) is 9.48 Å². The molecular formula is C26H23Br2FN2O4. The van der Waals surface area contributed by atoms with Crippen LogP contribution in [-0.4, -0.2) is 36.1 Å². The van der Waals surface area contributed by atoms with Gasteiger partial charge >= 0.3 is 5.97 Å². The Morgan fingerprint density at radius 2 is 1.89 bits per heavy atom. The molecule has 0 saturated carbocycles. The number of nitrogens with zero attached hydrogens (tertiary/aromatic N) is 2. The van der Waals surface area contributed by atoms with E-state index in [0.717, 1.165) is 19.7 Å². The standard InChI is InChI=1S/C26H23Br2FN2O4/c1-3-12-35-25-23(29)24(17-5-4-6-18(14-17)26(32)33-2)30-31(25)11-13-34-21-10-7-16-15-19(27)8-9-20(16)22(21)28/h4-10,14-15H,3,11-13H2,1-2H3. The number of aromatic nitrogens is 2. The van der Waals surface area contributed by atoms with Crippen molar-refractivity contribution in [3.05, 3.63) is 74.9 Å². The van der Waals surface area contributed by atoms with E-state index < -0.39 is 11.8 Å². The zero-order valence-corrected chi connectivity index (χ0v) is 22.4. The van der Waals surface area contributed by atoms with Crippen LogP contribution in [0.4, 0.5) is 4.39 Å². The molecule has 6 nitrogen and oxygen atoms in total. The quantitative estimate of drug-likeness (QED) is 0.192. The monoisotopic (exact) mass is 604 g/mol. The van der Waals surface area contributed by atoms with Crippen molar-refractivity contribution in [2.45, 2.75) is 19.9 Å². The maximum absolute atomic E-state index is 15.4. The van der Waals surface area contributed by atoms with E-state index in [1.807, 2.05) is 37.3 Å². The first-order valence-corrected chi connectivity index (χ1v) is 12.6. The van der Waals surface area contributed by atoms with Gasteiger partial charge in [0.25, 0.3) is 0 Å². The Bertz CT molecular complexity index is 1370. The third kappa shape index (κ3) is 5.51. The molecule has 9 heteroatoms. The summed E-state index contributed by atoms with van der Waals surface area (Å²) in [6.45, 7) is 2.79. The van der Waals surface area contributed by atoms with Crippen molar-refractivity contribution in [2.75, 3.05) is 20.3 Å². The molecule has 0 spiro atoms. The molecular weight excluding hydrogens is 583 g/mol. The number of methoxy groups -OCH3 is 1. The molecule has 0 saturated heterocycles. The van der Waals surface area contributed by atoms with Gasteiger partial charge in [0.15, 0.2) is 0 Å². The van der Waals surface area contributed by atoms with Gasteiger partial charge in [0.1, 0.15) is 18.1 Å². The maximum atomic E-state index is 15.4. The molecule has 1 aromatic heterocycles. The molecule has 4 aromatic rings.